The topological polar surface area (TPSA) is 32.3 Å². The maximum atomic E-state index is 12.2. The zero-order valence-electron chi connectivity index (χ0n) is 13.5. The van der Waals surface area contributed by atoms with E-state index in [4.69, 9.17) is 0 Å². The van der Waals surface area contributed by atoms with E-state index in [2.05, 4.69) is 10.2 Å². The summed E-state index contributed by atoms with van der Waals surface area (Å²) in [6.45, 7) is 2.70. The van der Waals surface area contributed by atoms with Gasteiger partial charge in [0.15, 0.2) is 0 Å². The lowest BCUT2D eigenvalue weighted by molar-refractivity contribution is -0.122. The normalized spacial score (nSPS) is 29.0. The van der Waals surface area contributed by atoms with Crippen molar-refractivity contribution < 1.29 is 4.79 Å². The first-order valence-electron chi connectivity index (χ1n) is 9.33. The Labute approximate surface area is 129 Å². The number of likely N-dealkylation sites (tertiary alicyclic amines) is 1. The van der Waals surface area contributed by atoms with Gasteiger partial charge in [-0.2, -0.15) is 0 Å². The van der Waals surface area contributed by atoms with Crippen molar-refractivity contribution in [3.05, 3.63) is 0 Å². The van der Waals surface area contributed by atoms with E-state index in [1.165, 1.54) is 70.6 Å². The molecule has 1 atom stereocenters. The molecule has 0 unspecified atom stereocenters. The Bertz CT molecular complexity index is 332. The molecule has 21 heavy (non-hydrogen) atoms. The SMILES string of the molecule is O=C(CN1CCC[C@@H]1C1CCCC1)NCC1CCCCC1. The summed E-state index contributed by atoms with van der Waals surface area (Å²) < 4.78 is 0. The van der Waals surface area contributed by atoms with Crippen molar-refractivity contribution in [3.63, 3.8) is 0 Å². The molecule has 1 N–H and O–H groups in total. The van der Waals surface area contributed by atoms with Crippen molar-refractivity contribution in [2.75, 3.05) is 19.6 Å². The number of hydrogen-bond donors (Lipinski definition) is 1. The first-order chi connectivity index (χ1) is 10.3. The molecule has 0 spiro atoms. The summed E-state index contributed by atoms with van der Waals surface area (Å²) >= 11 is 0. The van der Waals surface area contributed by atoms with Crippen molar-refractivity contribution in [3.8, 4) is 0 Å². The summed E-state index contributed by atoms with van der Waals surface area (Å²) in [5, 5.41) is 3.21. The summed E-state index contributed by atoms with van der Waals surface area (Å²) in [4.78, 5) is 14.7. The van der Waals surface area contributed by atoms with Gasteiger partial charge in [0.05, 0.1) is 6.54 Å². The molecule has 3 heteroatoms. The van der Waals surface area contributed by atoms with Crippen molar-refractivity contribution in [2.45, 2.75) is 76.7 Å². The van der Waals surface area contributed by atoms with E-state index < -0.39 is 0 Å². The smallest absolute Gasteiger partial charge is 0.234 e. The van der Waals surface area contributed by atoms with E-state index in [1.54, 1.807) is 0 Å². The van der Waals surface area contributed by atoms with E-state index in [9.17, 15) is 4.79 Å². The van der Waals surface area contributed by atoms with Gasteiger partial charge in [-0.15, -0.1) is 0 Å². The highest BCUT2D eigenvalue weighted by Crippen LogP contribution is 2.35. The second-order valence-electron chi connectivity index (χ2n) is 7.53. The third kappa shape index (κ3) is 4.21. The molecular formula is C18H32N2O. The summed E-state index contributed by atoms with van der Waals surface area (Å²) in [6.07, 6.45) is 14.9. The lowest BCUT2D eigenvalue weighted by atomic mass is 9.89. The van der Waals surface area contributed by atoms with Gasteiger partial charge in [0.25, 0.3) is 0 Å². The van der Waals surface area contributed by atoms with Gasteiger partial charge in [0.2, 0.25) is 5.91 Å². The van der Waals surface area contributed by atoms with Crippen molar-refractivity contribution in [1.82, 2.24) is 10.2 Å². The fourth-order valence-corrected chi connectivity index (χ4v) is 4.81. The van der Waals surface area contributed by atoms with Crippen LogP contribution in [0.25, 0.3) is 0 Å². The zero-order valence-corrected chi connectivity index (χ0v) is 13.5. The van der Waals surface area contributed by atoms with E-state index in [0.29, 0.717) is 12.6 Å². The van der Waals surface area contributed by atoms with Gasteiger partial charge in [0, 0.05) is 12.6 Å². The molecule has 2 aliphatic carbocycles. The van der Waals surface area contributed by atoms with Crippen LogP contribution in [0.3, 0.4) is 0 Å². The van der Waals surface area contributed by atoms with Crippen LogP contribution in [0.15, 0.2) is 0 Å². The molecule has 0 aromatic carbocycles. The molecular weight excluding hydrogens is 260 g/mol. The quantitative estimate of drug-likeness (QED) is 0.843. The summed E-state index contributed by atoms with van der Waals surface area (Å²) in [5.41, 5.74) is 0. The molecule has 0 aromatic rings. The first kappa shape index (κ1) is 15.3. The molecule has 0 bridgehead atoms. The Balaban J connectivity index is 1.40. The molecule has 1 heterocycles. The van der Waals surface area contributed by atoms with E-state index >= 15 is 0 Å². The van der Waals surface area contributed by atoms with Gasteiger partial charge in [0.1, 0.15) is 0 Å². The van der Waals surface area contributed by atoms with Crippen LogP contribution in [0.4, 0.5) is 0 Å². The number of rotatable bonds is 5. The molecule has 120 valence electrons. The Kier molecular flexibility index (Phi) is 5.56. The highest BCUT2D eigenvalue weighted by Gasteiger charge is 2.33. The van der Waals surface area contributed by atoms with E-state index in [0.717, 1.165) is 24.9 Å². The van der Waals surface area contributed by atoms with Crippen LogP contribution >= 0.6 is 0 Å². The lowest BCUT2D eigenvalue weighted by Gasteiger charge is -2.29. The van der Waals surface area contributed by atoms with Gasteiger partial charge in [-0.25, -0.2) is 0 Å². The van der Waals surface area contributed by atoms with Crippen LogP contribution in [0, 0.1) is 11.8 Å². The number of nitrogens with one attached hydrogen (secondary N) is 1. The van der Waals surface area contributed by atoms with Gasteiger partial charge >= 0.3 is 0 Å². The number of hydrogen-bond acceptors (Lipinski definition) is 2. The Hall–Kier alpha value is -0.570. The second-order valence-corrected chi connectivity index (χ2v) is 7.53. The standard InChI is InChI=1S/C18H32N2O/c21-18(19-13-15-7-2-1-3-8-15)14-20-12-6-11-17(20)16-9-4-5-10-16/h15-17H,1-14H2,(H,19,21)/t17-/m1/s1. The van der Waals surface area contributed by atoms with E-state index in [-0.39, 0.29) is 5.91 Å². The van der Waals surface area contributed by atoms with Crippen LogP contribution in [0.2, 0.25) is 0 Å². The van der Waals surface area contributed by atoms with Gasteiger partial charge in [-0.05, 0) is 56.9 Å². The molecule has 3 nitrogen and oxygen atoms in total. The third-order valence-corrected chi connectivity index (χ3v) is 6.02. The fourth-order valence-electron chi connectivity index (χ4n) is 4.81. The number of carbonyl (C=O) groups is 1. The minimum atomic E-state index is 0.269. The average molecular weight is 292 g/mol. The predicted molar refractivity (Wildman–Crippen MR) is 86.1 cm³/mol. The maximum Gasteiger partial charge on any atom is 0.234 e. The average Bonchev–Trinajstić information content (AvgIpc) is 3.17. The molecule has 3 aliphatic rings. The summed E-state index contributed by atoms with van der Waals surface area (Å²) in [6, 6.07) is 0.702. The highest BCUT2D eigenvalue weighted by molar-refractivity contribution is 5.78. The highest BCUT2D eigenvalue weighted by atomic mass is 16.2. The van der Waals surface area contributed by atoms with Crippen LogP contribution in [-0.4, -0.2) is 36.5 Å². The molecule has 1 saturated heterocycles. The first-order valence-corrected chi connectivity index (χ1v) is 9.33. The van der Waals surface area contributed by atoms with Gasteiger partial charge in [-0.3, -0.25) is 9.69 Å². The molecule has 2 saturated carbocycles. The minimum Gasteiger partial charge on any atom is -0.355 e. The summed E-state index contributed by atoms with van der Waals surface area (Å²) in [5.74, 6) is 1.89. The van der Waals surface area contributed by atoms with Crippen LogP contribution in [0.1, 0.15) is 70.6 Å². The summed E-state index contributed by atoms with van der Waals surface area (Å²) in [7, 11) is 0. The van der Waals surface area contributed by atoms with Crippen LogP contribution in [-0.2, 0) is 4.79 Å². The minimum absolute atomic E-state index is 0.269. The molecule has 3 fully saturated rings. The lowest BCUT2D eigenvalue weighted by Crippen LogP contribution is -2.43. The monoisotopic (exact) mass is 292 g/mol. The molecule has 3 rings (SSSR count). The number of amides is 1. The molecule has 0 aromatic heterocycles. The van der Waals surface area contributed by atoms with Crippen molar-refractivity contribution in [2.24, 2.45) is 11.8 Å². The fraction of sp³-hybridized carbons (Fsp3) is 0.944. The van der Waals surface area contributed by atoms with Crippen LogP contribution < -0.4 is 5.32 Å². The number of nitrogens with zero attached hydrogens (tertiary/aromatic N) is 1. The van der Waals surface area contributed by atoms with Crippen molar-refractivity contribution in [1.29, 1.82) is 0 Å². The Morgan fingerprint density at radius 3 is 2.38 bits per heavy atom. The Morgan fingerprint density at radius 2 is 1.62 bits per heavy atom. The van der Waals surface area contributed by atoms with E-state index in [1.807, 2.05) is 0 Å². The van der Waals surface area contributed by atoms with Gasteiger partial charge < -0.3 is 5.32 Å². The van der Waals surface area contributed by atoms with Gasteiger partial charge in [-0.1, -0.05) is 32.1 Å². The van der Waals surface area contributed by atoms with Crippen LogP contribution in [0.5, 0.6) is 0 Å². The van der Waals surface area contributed by atoms with Crippen molar-refractivity contribution >= 4 is 5.91 Å². The zero-order chi connectivity index (χ0) is 14.5. The predicted octanol–water partition coefficient (Wildman–Crippen LogP) is 3.34. The third-order valence-electron chi connectivity index (χ3n) is 6.02. The number of carbonyl (C=O) groups excluding carboxylic acids is 1. The molecule has 1 amide bonds. The largest absolute Gasteiger partial charge is 0.355 e. The Morgan fingerprint density at radius 1 is 0.905 bits per heavy atom. The molecule has 0 radical (unpaired) electrons. The molecule has 1 aliphatic heterocycles. The maximum absolute atomic E-state index is 12.2. The second kappa shape index (κ2) is 7.62.